The molecule has 2 nitrogen and oxygen atoms in total. The third kappa shape index (κ3) is 3.85. The van der Waals surface area contributed by atoms with Gasteiger partial charge in [0, 0.05) is 15.9 Å². The van der Waals surface area contributed by atoms with Crippen LogP contribution in [0.25, 0.3) is 0 Å². The van der Waals surface area contributed by atoms with E-state index in [0.29, 0.717) is 5.33 Å². The highest BCUT2D eigenvalue weighted by Crippen LogP contribution is 2.34. The molecule has 2 unspecified atom stereocenters. The van der Waals surface area contributed by atoms with Gasteiger partial charge < -0.3 is 10.2 Å². The first kappa shape index (κ1) is 15.8. The zero-order valence-electron chi connectivity index (χ0n) is 9.09. The van der Waals surface area contributed by atoms with E-state index in [1.807, 2.05) is 0 Å². The lowest BCUT2D eigenvalue weighted by Gasteiger charge is -2.19. The first-order chi connectivity index (χ1) is 8.27. The molecule has 0 fully saturated rings. The summed E-state index contributed by atoms with van der Waals surface area (Å²) in [6.45, 7) is 0. The smallest absolute Gasteiger partial charge is 0.390 e. The normalized spacial score (nSPS) is 15.5. The van der Waals surface area contributed by atoms with E-state index >= 15 is 0 Å². The van der Waals surface area contributed by atoms with Gasteiger partial charge in [0.1, 0.15) is 6.10 Å². The highest BCUT2D eigenvalue weighted by molar-refractivity contribution is 9.09. The highest BCUT2D eigenvalue weighted by atomic mass is 79.9. The molecule has 0 aliphatic heterocycles. The van der Waals surface area contributed by atoms with Gasteiger partial charge >= 0.3 is 6.18 Å². The van der Waals surface area contributed by atoms with Crippen LogP contribution in [0.1, 0.15) is 23.7 Å². The van der Waals surface area contributed by atoms with Crippen LogP contribution >= 0.6 is 27.5 Å². The molecule has 7 heteroatoms. The second-order valence-electron chi connectivity index (χ2n) is 3.72. The maximum Gasteiger partial charge on any atom is 0.416 e. The van der Waals surface area contributed by atoms with Crippen molar-refractivity contribution in [1.29, 1.82) is 0 Å². The molecule has 2 atom stereocenters. The van der Waals surface area contributed by atoms with Crippen LogP contribution in [-0.4, -0.2) is 21.6 Å². The van der Waals surface area contributed by atoms with Crippen molar-refractivity contribution in [2.24, 2.45) is 0 Å². The van der Waals surface area contributed by atoms with Crippen LogP contribution in [0.3, 0.4) is 0 Å². The van der Waals surface area contributed by atoms with Gasteiger partial charge in [0.2, 0.25) is 0 Å². The summed E-state index contributed by atoms with van der Waals surface area (Å²) in [6, 6.07) is 2.64. The van der Waals surface area contributed by atoms with E-state index in [-0.39, 0.29) is 17.0 Å². The van der Waals surface area contributed by atoms with Crippen LogP contribution < -0.4 is 0 Å². The van der Waals surface area contributed by atoms with Gasteiger partial charge in [-0.05, 0) is 24.6 Å². The minimum Gasteiger partial charge on any atom is -0.390 e. The van der Waals surface area contributed by atoms with E-state index in [0.717, 1.165) is 18.2 Å². The molecule has 0 aliphatic carbocycles. The van der Waals surface area contributed by atoms with Crippen molar-refractivity contribution in [2.45, 2.75) is 24.8 Å². The number of hydrogen-bond acceptors (Lipinski definition) is 2. The van der Waals surface area contributed by atoms with Gasteiger partial charge in [-0.2, -0.15) is 13.2 Å². The van der Waals surface area contributed by atoms with Crippen molar-refractivity contribution in [2.75, 3.05) is 5.33 Å². The average Bonchev–Trinajstić information content (AvgIpc) is 2.27. The second-order valence-corrected chi connectivity index (χ2v) is 4.92. The molecule has 0 amide bonds. The van der Waals surface area contributed by atoms with Crippen LogP contribution in [0.2, 0.25) is 5.02 Å². The first-order valence-corrected chi connectivity index (χ1v) is 6.56. The molecular formula is C11H11BrClF3O2. The van der Waals surface area contributed by atoms with Gasteiger partial charge in [0.15, 0.2) is 0 Å². The molecule has 1 aromatic rings. The predicted molar refractivity (Wildman–Crippen MR) is 65.8 cm³/mol. The minimum absolute atomic E-state index is 0.0101. The third-order valence-electron chi connectivity index (χ3n) is 2.41. The van der Waals surface area contributed by atoms with E-state index in [1.54, 1.807) is 0 Å². The Morgan fingerprint density at radius 3 is 2.39 bits per heavy atom. The number of benzene rings is 1. The Hall–Kier alpha value is -0.300. The first-order valence-electron chi connectivity index (χ1n) is 5.06. The molecule has 0 saturated heterocycles. The zero-order valence-corrected chi connectivity index (χ0v) is 11.4. The van der Waals surface area contributed by atoms with Gasteiger partial charge in [-0.25, -0.2) is 0 Å². The number of aliphatic hydroxyl groups excluding tert-OH is 2. The number of aliphatic hydroxyl groups is 2. The van der Waals surface area contributed by atoms with Gasteiger partial charge in [0.05, 0.1) is 11.7 Å². The Kier molecular flexibility index (Phi) is 5.46. The summed E-state index contributed by atoms with van der Waals surface area (Å²) >= 11 is 8.81. The lowest BCUT2D eigenvalue weighted by molar-refractivity contribution is -0.137. The largest absolute Gasteiger partial charge is 0.416 e. The number of alkyl halides is 4. The third-order valence-corrected chi connectivity index (χ3v) is 3.21. The second kappa shape index (κ2) is 6.23. The minimum atomic E-state index is -4.51. The molecule has 18 heavy (non-hydrogen) atoms. The Morgan fingerprint density at radius 2 is 1.89 bits per heavy atom. The molecule has 102 valence electrons. The van der Waals surface area contributed by atoms with E-state index in [9.17, 15) is 23.4 Å². The van der Waals surface area contributed by atoms with Gasteiger partial charge in [-0.15, -0.1) is 0 Å². The van der Waals surface area contributed by atoms with Crippen molar-refractivity contribution >= 4 is 27.5 Å². The fraction of sp³-hybridized carbons (Fsp3) is 0.455. The van der Waals surface area contributed by atoms with Crippen molar-refractivity contribution in [3.05, 3.63) is 34.3 Å². The molecule has 0 aliphatic rings. The molecular weight excluding hydrogens is 336 g/mol. The van der Waals surface area contributed by atoms with Crippen LogP contribution in [-0.2, 0) is 6.18 Å². The van der Waals surface area contributed by atoms with Crippen molar-refractivity contribution in [3.63, 3.8) is 0 Å². The van der Waals surface area contributed by atoms with E-state index < -0.39 is 23.9 Å². The molecule has 0 radical (unpaired) electrons. The van der Waals surface area contributed by atoms with Crippen LogP contribution in [0.15, 0.2) is 18.2 Å². The summed E-state index contributed by atoms with van der Waals surface area (Å²) in [5, 5.41) is 19.7. The molecule has 1 rings (SSSR count). The molecule has 0 bridgehead atoms. The number of rotatable bonds is 4. The Bertz CT molecular complexity index is 412. The van der Waals surface area contributed by atoms with Crippen molar-refractivity contribution < 1.29 is 23.4 Å². The Morgan fingerprint density at radius 1 is 1.28 bits per heavy atom. The SMILES string of the molecule is OC(CCBr)C(O)c1cc(C(F)(F)F)ccc1Cl. The summed E-state index contributed by atoms with van der Waals surface area (Å²) in [5.74, 6) is 0. The quantitative estimate of drug-likeness (QED) is 0.818. The highest BCUT2D eigenvalue weighted by Gasteiger charge is 2.32. The molecule has 0 heterocycles. The van der Waals surface area contributed by atoms with E-state index in [4.69, 9.17) is 11.6 Å². The lowest BCUT2D eigenvalue weighted by Crippen LogP contribution is -2.19. The summed E-state index contributed by atoms with van der Waals surface area (Å²) in [5.41, 5.74) is -1.04. The lowest BCUT2D eigenvalue weighted by atomic mass is 10.0. The average molecular weight is 348 g/mol. The van der Waals surface area contributed by atoms with Crippen LogP contribution in [0.5, 0.6) is 0 Å². The van der Waals surface area contributed by atoms with Gasteiger partial charge in [-0.1, -0.05) is 27.5 Å². The molecule has 0 saturated carbocycles. The fourth-order valence-corrected chi connectivity index (χ4v) is 2.12. The zero-order chi connectivity index (χ0) is 13.9. The number of halogens is 5. The summed E-state index contributed by atoms with van der Waals surface area (Å²) in [7, 11) is 0. The van der Waals surface area contributed by atoms with E-state index in [1.165, 1.54) is 0 Å². The monoisotopic (exact) mass is 346 g/mol. The summed E-state index contributed by atoms with van der Waals surface area (Å²) in [4.78, 5) is 0. The topological polar surface area (TPSA) is 40.5 Å². The Labute approximate surface area is 116 Å². The Balaban J connectivity index is 3.08. The predicted octanol–water partition coefficient (Wildman–Crippen LogP) is 3.54. The van der Waals surface area contributed by atoms with Crippen molar-refractivity contribution in [1.82, 2.24) is 0 Å². The maximum absolute atomic E-state index is 12.5. The van der Waals surface area contributed by atoms with Crippen LogP contribution in [0.4, 0.5) is 13.2 Å². The summed E-state index contributed by atoms with van der Waals surface area (Å²) < 4.78 is 37.6. The van der Waals surface area contributed by atoms with Gasteiger partial charge in [-0.3, -0.25) is 0 Å². The molecule has 0 spiro atoms. The standard InChI is InChI=1S/C11H11BrClF3O2/c12-4-3-9(17)10(18)7-5-6(11(14,15)16)1-2-8(7)13/h1-2,5,9-10,17-18H,3-4H2. The number of hydrogen-bond donors (Lipinski definition) is 2. The molecule has 1 aromatic carbocycles. The maximum atomic E-state index is 12.5. The van der Waals surface area contributed by atoms with Crippen LogP contribution in [0, 0.1) is 0 Å². The molecule has 2 N–H and O–H groups in total. The van der Waals surface area contributed by atoms with E-state index in [2.05, 4.69) is 15.9 Å². The van der Waals surface area contributed by atoms with Gasteiger partial charge in [0.25, 0.3) is 0 Å². The summed E-state index contributed by atoms with van der Waals surface area (Å²) in [6.07, 6.45) is -6.93. The molecule has 0 aromatic heterocycles. The fourth-order valence-electron chi connectivity index (χ4n) is 1.42. The van der Waals surface area contributed by atoms with Crippen molar-refractivity contribution in [3.8, 4) is 0 Å².